The zero-order valence-electron chi connectivity index (χ0n) is 15.1. The van der Waals surface area contributed by atoms with Crippen molar-refractivity contribution in [2.45, 2.75) is 13.8 Å². The van der Waals surface area contributed by atoms with Gasteiger partial charge in [-0.05, 0) is 35.7 Å². The number of hydrogen-bond acceptors (Lipinski definition) is 3. The van der Waals surface area contributed by atoms with Crippen LogP contribution in [0.2, 0.25) is 0 Å². The minimum Gasteiger partial charge on any atom is -0.481 e. The summed E-state index contributed by atoms with van der Waals surface area (Å²) in [6, 6.07) is 8.72. The third kappa shape index (κ3) is 3.71. The molecule has 0 bridgehead atoms. The van der Waals surface area contributed by atoms with Crippen LogP contribution < -0.4 is 10.6 Å². The van der Waals surface area contributed by atoms with Gasteiger partial charge in [-0.2, -0.15) is 0 Å². The minimum atomic E-state index is -1.03. The highest BCUT2D eigenvalue weighted by Crippen LogP contribution is 2.58. The lowest BCUT2D eigenvalue weighted by molar-refractivity contribution is -0.140. The fourth-order valence-electron chi connectivity index (χ4n) is 3.33. The number of halogens is 2. The van der Waals surface area contributed by atoms with E-state index in [4.69, 9.17) is 0 Å². The molecule has 3 N–H and O–H groups in total. The number of carboxylic acid groups (broad SMARTS) is 1. The van der Waals surface area contributed by atoms with E-state index in [1.807, 2.05) is 0 Å². The Labute approximate surface area is 159 Å². The van der Waals surface area contributed by atoms with Crippen LogP contribution in [-0.4, -0.2) is 22.9 Å². The molecule has 1 fully saturated rings. The van der Waals surface area contributed by atoms with Gasteiger partial charge in [-0.15, -0.1) is 0 Å². The molecule has 146 valence electrons. The Morgan fingerprint density at radius 3 is 2.32 bits per heavy atom. The molecular weight excluding hydrogens is 370 g/mol. The number of anilines is 2. The van der Waals surface area contributed by atoms with E-state index in [1.165, 1.54) is 18.2 Å². The molecular formula is C20H18F2N2O4. The first-order valence-corrected chi connectivity index (χ1v) is 8.51. The van der Waals surface area contributed by atoms with Crippen molar-refractivity contribution in [2.24, 2.45) is 17.3 Å². The second-order valence-electron chi connectivity index (χ2n) is 7.26. The molecule has 0 radical (unpaired) electrons. The first-order chi connectivity index (χ1) is 13.1. The first-order valence-electron chi connectivity index (χ1n) is 8.51. The van der Waals surface area contributed by atoms with E-state index in [0.717, 1.165) is 12.1 Å². The summed E-state index contributed by atoms with van der Waals surface area (Å²) in [5.41, 5.74) is -0.370. The summed E-state index contributed by atoms with van der Waals surface area (Å²) < 4.78 is 26.6. The van der Waals surface area contributed by atoms with Gasteiger partial charge >= 0.3 is 5.97 Å². The topological polar surface area (TPSA) is 95.5 Å². The van der Waals surface area contributed by atoms with Crippen LogP contribution in [-0.2, 0) is 9.59 Å². The maximum Gasteiger partial charge on any atom is 0.307 e. The molecule has 0 spiro atoms. The Bertz CT molecular complexity index is 974. The standard InChI is InChI=1S/C20H18F2N2O4/c1-20(2)15(16(20)19(27)28)18(26)23-12-5-3-4-10(8-12)17(25)24-14-7-6-11(21)9-13(14)22/h3-9,15-16H,1-2H3,(H,23,26)(H,24,25)(H,27,28)/t15-,16-/m1/s1. The van der Waals surface area contributed by atoms with Gasteiger partial charge in [-0.25, -0.2) is 8.78 Å². The highest BCUT2D eigenvalue weighted by atomic mass is 19.1. The zero-order valence-corrected chi connectivity index (χ0v) is 15.1. The average Bonchev–Trinajstić information content (AvgIpc) is 3.20. The monoisotopic (exact) mass is 388 g/mol. The summed E-state index contributed by atoms with van der Waals surface area (Å²) in [5, 5.41) is 14.1. The SMILES string of the molecule is CC1(C)[C@@H](C(=O)O)[C@@H]1C(=O)Nc1cccc(C(=O)Nc2ccc(F)cc2F)c1. The van der Waals surface area contributed by atoms with Gasteiger partial charge in [0.1, 0.15) is 11.6 Å². The lowest BCUT2D eigenvalue weighted by Gasteiger charge is -2.09. The summed E-state index contributed by atoms with van der Waals surface area (Å²) in [4.78, 5) is 35.9. The van der Waals surface area contributed by atoms with Gasteiger partial charge < -0.3 is 15.7 Å². The number of benzene rings is 2. The Morgan fingerprint density at radius 1 is 1.00 bits per heavy atom. The maximum absolute atomic E-state index is 13.7. The van der Waals surface area contributed by atoms with Crippen molar-refractivity contribution in [3.8, 4) is 0 Å². The molecule has 28 heavy (non-hydrogen) atoms. The van der Waals surface area contributed by atoms with E-state index in [-0.39, 0.29) is 11.3 Å². The van der Waals surface area contributed by atoms with E-state index >= 15 is 0 Å². The lowest BCUT2D eigenvalue weighted by atomic mass is 10.1. The molecule has 0 aliphatic heterocycles. The lowest BCUT2D eigenvalue weighted by Crippen LogP contribution is -2.18. The largest absolute Gasteiger partial charge is 0.481 e. The van der Waals surface area contributed by atoms with Crippen molar-refractivity contribution >= 4 is 29.2 Å². The fourth-order valence-corrected chi connectivity index (χ4v) is 3.33. The molecule has 2 amide bonds. The highest BCUT2D eigenvalue weighted by molar-refractivity contribution is 6.06. The van der Waals surface area contributed by atoms with Crippen LogP contribution in [0.1, 0.15) is 24.2 Å². The summed E-state index contributed by atoms with van der Waals surface area (Å²) in [5.74, 6) is -5.22. The summed E-state index contributed by atoms with van der Waals surface area (Å²) in [6.45, 7) is 3.41. The van der Waals surface area contributed by atoms with Gasteiger partial charge in [-0.3, -0.25) is 14.4 Å². The second-order valence-corrected chi connectivity index (χ2v) is 7.26. The maximum atomic E-state index is 13.7. The molecule has 6 nitrogen and oxygen atoms in total. The van der Waals surface area contributed by atoms with Crippen molar-refractivity contribution in [1.82, 2.24) is 0 Å². The van der Waals surface area contributed by atoms with Crippen molar-refractivity contribution in [1.29, 1.82) is 0 Å². The molecule has 1 aliphatic rings. The summed E-state index contributed by atoms with van der Waals surface area (Å²) in [7, 11) is 0. The van der Waals surface area contributed by atoms with E-state index in [1.54, 1.807) is 19.9 Å². The highest BCUT2D eigenvalue weighted by Gasteiger charge is 2.65. The number of nitrogens with one attached hydrogen (secondary N) is 2. The second kappa shape index (κ2) is 7.03. The molecule has 0 saturated heterocycles. The van der Waals surface area contributed by atoms with Gasteiger partial charge in [-0.1, -0.05) is 19.9 Å². The van der Waals surface area contributed by atoms with Crippen molar-refractivity contribution in [3.63, 3.8) is 0 Å². The number of carbonyl (C=O) groups excluding carboxylic acids is 2. The average molecular weight is 388 g/mol. The van der Waals surface area contributed by atoms with Crippen molar-refractivity contribution in [3.05, 3.63) is 59.7 Å². The number of carboxylic acids is 1. The Hall–Kier alpha value is -3.29. The zero-order chi connectivity index (χ0) is 20.6. The van der Waals surface area contributed by atoms with Gasteiger partial charge in [0.25, 0.3) is 5.91 Å². The number of carbonyl (C=O) groups is 3. The van der Waals surface area contributed by atoms with Crippen molar-refractivity contribution < 1.29 is 28.3 Å². The number of aliphatic carboxylic acids is 1. The van der Waals surface area contributed by atoms with Crippen LogP contribution >= 0.6 is 0 Å². The van der Waals surface area contributed by atoms with Gasteiger partial charge in [0.15, 0.2) is 0 Å². The molecule has 0 heterocycles. The molecule has 8 heteroatoms. The molecule has 3 rings (SSSR count). The molecule has 1 saturated carbocycles. The Morgan fingerprint density at radius 2 is 1.71 bits per heavy atom. The van der Waals surface area contributed by atoms with Gasteiger partial charge in [0.05, 0.1) is 17.5 Å². The predicted octanol–water partition coefficient (Wildman–Crippen LogP) is 3.51. The van der Waals surface area contributed by atoms with Crippen LogP contribution in [0.5, 0.6) is 0 Å². The smallest absolute Gasteiger partial charge is 0.307 e. The molecule has 2 aromatic carbocycles. The third-order valence-corrected chi connectivity index (χ3v) is 4.95. The number of hydrogen-bond donors (Lipinski definition) is 3. The van der Waals surface area contributed by atoms with Crippen LogP contribution in [0.15, 0.2) is 42.5 Å². The van der Waals surface area contributed by atoms with Crippen LogP contribution in [0, 0.1) is 28.9 Å². The quantitative estimate of drug-likeness (QED) is 0.730. The molecule has 2 atom stereocenters. The Balaban J connectivity index is 1.71. The van der Waals surface area contributed by atoms with Crippen molar-refractivity contribution in [2.75, 3.05) is 10.6 Å². The molecule has 1 aliphatic carbocycles. The first kappa shape index (κ1) is 19.5. The third-order valence-electron chi connectivity index (χ3n) is 4.95. The van der Waals surface area contributed by atoms with E-state index in [9.17, 15) is 28.3 Å². The van der Waals surface area contributed by atoms with Crippen LogP contribution in [0.3, 0.4) is 0 Å². The normalized spacial score (nSPS) is 19.6. The summed E-state index contributed by atoms with van der Waals surface area (Å²) >= 11 is 0. The van der Waals surface area contributed by atoms with E-state index < -0.39 is 46.7 Å². The fraction of sp³-hybridized carbons (Fsp3) is 0.250. The van der Waals surface area contributed by atoms with Crippen LogP contribution in [0.4, 0.5) is 20.2 Å². The van der Waals surface area contributed by atoms with Crippen LogP contribution in [0.25, 0.3) is 0 Å². The summed E-state index contributed by atoms with van der Waals surface area (Å²) in [6.07, 6.45) is 0. The van der Waals surface area contributed by atoms with E-state index in [2.05, 4.69) is 10.6 Å². The van der Waals surface area contributed by atoms with E-state index in [0.29, 0.717) is 11.8 Å². The number of rotatable bonds is 5. The minimum absolute atomic E-state index is 0.145. The Kier molecular flexibility index (Phi) is 4.89. The molecule has 2 aromatic rings. The predicted molar refractivity (Wildman–Crippen MR) is 97.8 cm³/mol. The molecule has 0 aromatic heterocycles. The van der Waals surface area contributed by atoms with Gasteiger partial charge in [0.2, 0.25) is 5.91 Å². The molecule has 0 unspecified atom stereocenters. The van der Waals surface area contributed by atoms with Gasteiger partial charge in [0, 0.05) is 17.3 Å². The number of amides is 2.